The van der Waals surface area contributed by atoms with Gasteiger partial charge in [-0.25, -0.2) is 0 Å². The van der Waals surface area contributed by atoms with Crippen LogP contribution in [0.3, 0.4) is 0 Å². The second-order valence-electron chi connectivity index (χ2n) is 8.00. The van der Waals surface area contributed by atoms with Crippen molar-refractivity contribution in [1.82, 2.24) is 14.4 Å². The predicted octanol–water partition coefficient (Wildman–Crippen LogP) is 3.41. The highest BCUT2D eigenvalue weighted by Crippen LogP contribution is 2.28. The Morgan fingerprint density at radius 3 is 2.09 bits per heavy atom. The van der Waals surface area contributed by atoms with E-state index in [0.29, 0.717) is 56.1 Å². The lowest BCUT2D eigenvalue weighted by Crippen LogP contribution is -2.50. The molecule has 0 radical (unpaired) electrons. The zero-order valence-corrected chi connectivity index (χ0v) is 19.1. The quantitative estimate of drug-likeness (QED) is 0.557. The van der Waals surface area contributed by atoms with E-state index in [9.17, 15) is 9.59 Å². The molecule has 0 atom stereocenters. The summed E-state index contributed by atoms with van der Waals surface area (Å²) in [4.78, 5) is 29.3. The molecule has 7 nitrogen and oxygen atoms in total. The normalized spacial score (nSPS) is 13.6. The summed E-state index contributed by atoms with van der Waals surface area (Å²) < 4.78 is 12.6. The fourth-order valence-corrected chi connectivity index (χ4v) is 4.07. The molecule has 1 saturated heterocycles. The standard InChI is InChI=1S/C26H29N3O4/c1-32-23-11-5-20(19-24(23)33-2)6-12-25(30)28-15-17-29(18-16-28)26(31)21-7-9-22(10-8-21)27-13-3-4-14-27/h3-5,7-11,13-14,19H,6,12,15-18H2,1-2H3. The largest absolute Gasteiger partial charge is 0.493 e. The minimum Gasteiger partial charge on any atom is -0.493 e. The van der Waals surface area contributed by atoms with Gasteiger partial charge in [0.05, 0.1) is 14.2 Å². The molecular formula is C26H29N3O4. The summed E-state index contributed by atoms with van der Waals surface area (Å²) in [6.45, 7) is 2.19. The van der Waals surface area contributed by atoms with Gasteiger partial charge in [-0.15, -0.1) is 0 Å². The van der Waals surface area contributed by atoms with Crippen molar-refractivity contribution >= 4 is 11.8 Å². The van der Waals surface area contributed by atoms with Crippen molar-refractivity contribution in [3.63, 3.8) is 0 Å². The Balaban J connectivity index is 1.27. The lowest BCUT2D eigenvalue weighted by Gasteiger charge is -2.35. The van der Waals surface area contributed by atoms with Gasteiger partial charge in [0.25, 0.3) is 5.91 Å². The van der Waals surface area contributed by atoms with E-state index in [1.54, 1.807) is 14.2 Å². The molecule has 0 N–H and O–H groups in total. The first-order valence-electron chi connectivity index (χ1n) is 11.1. The summed E-state index contributed by atoms with van der Waals surface area (Å²) in [6, 6.07) is 17.3. The van der Waals surface area contributed by atoms with Crippen LogP contribution in [0.5, 0.6) is 11.5 Å². The molecule has 0 aliphatic carbocycles. The van der Waals surface area contributed by atoms with E-state index in [2.05, 4.69) is 0 Å². The first-order chi connectivity index (χ1) is 16.1. The average molecular weight is 448 g/mol. The van der Waals surface area contributed by atoms with E-state index >= 15 is 0 Å². The molecule has 2 aromatic carbocycles. The summed E-state index contributed by atoms with van der Waals surface area (Å²) in [7, 11) is 3.20. The van der Waals surface area contributed by atoms with E-state index < -0.39 is 0 Å². The SMILES string of the molecule is COc1ccc(CCC(=O)N2CCN(C(=O)c3ccc(-n4cccc4)cc3)CC2)cc1OC. The van der Waals surface area contributed by atoms with Gasteiger partial charge in [0.15, 0.2) is 11.5 Å². The number of carbonyl (C=O) groups is 2. The first kappa shape index (κ1) is 22.5. The van der Waals surface area contributed by atoms with Crippen molar-refractivity contribution in [3.8, 4) is 17.2 Å². The molecule has 3 aromatic rings. The Morgan fingerprint density at radius 1 is 0.818 bits per heavy atom. The first-order valence-corrected chi connectivity index (χ1v) is 11.1. The number of ether oxygens (including phenoxy) is 2. The van der Waals surface area contributed by atoms with Gasteiger partial charge in [0, 0.05) is 56.2 Å². The van der Waals surface area contributed by atoms with Gasteiger partial charge >= 0.3 is 0 Å². The summed E-state index contributed by atoms with van der Waals surface area (Å²) in [5.41, 5.74) is 2.71. The highest BCUT2D eigenvalue weighted by atomic mass is 16.5. The van der Waals surface area contributed by atoms with Crippen molar-refractivity contribution in [2.75, 3.05) is 40.4 Å². The molecule has 1 aliphatic heterocycles. The van der Waals surface area contributed by atoms with Crippen molar-refractivity contribution in [1.29, 1.82) is 0 Å². The highest BCUT2D eigenvalue weighted by Gasteiger charge is 2.24. The lowest BCUT2D eigenvalue weighted by atomic mass is 10.1. The Morgan fingerprint density at radius 2 is 1.45 bits per heavy atom. The number of piperazine rings is 1. The molecule has 2 amide bonds. The van der Waals surface area contributed by atoms with Gasteiger partial charge in [-0.3, -0.25) is 9.59 Å². The molecule has 33 heavy (non-hydrogen) atoms. The molecule has 0 unspecified atom stereocenters. The number of methoxy groups -OCH3 is 2. The Kier molecular flexibility index (Phi) is 6.98. The molecule has 2 heterocycles. The Bertz CT molecular complexity index is 1090. The second-order valence-corrected chi connectivity index (χ2v) is 8.00. The van der Waals surface area contributed by atoms with Gasteiger partial charge in [0.2, 0.25) is 5.91 Å². The van der Waals surface area contributed by atoms with E-state index in [1.807, 2.05) is 81.4 Å². The lowest BCUT2D eigenvalue weighted by molar-refractivity contribution is -0.132. The maximum atomic E-state index is 12.9. The smallest absolute Gasteiger partial charge is 0.253 e. The third-order valence-electron chi connectivity index (χ3n) is 6.01. The molecule has 172 valence electrons. The average Bonchev–Trinajstić information content (AvgIpc) is 3.42. The molecule has 4 rings (SSSR count). The number of carbonyl (C=O) groups excluding carboxylic acids is 2. The van der Waals surface area contributed by atoms with E-state index in [-0.39, 0.29) is 11.8 Å². The third-order valence-corrected chi connectivity index (χ3v) is 6.01. The Hall–Kier alpha value is -3.74. The van der Waals surface area contributed by atoms with E-state index in [4.69, 9.17) is 9.47 Å². The van der Waals surface area contributed by atoms with Crippen LogP contribution in [0.4, 0.5) is 0 Å². The van der Waals surface area contributed by atoms with Crippen LogP contribution >= 0.6 is 0 Å². The van der Waals surface area contributed by atoms with Crippen LogP contribution in [0.1, 0.15) is 22.3 Å². The minimum atomic E-state index is 0.00600. The minimum absolute atomic E-state index is 0.00600. The number of hydrogen-bond donors (Lipinski definition) is 0. The summed E-state index contributed by atoms with van der Waals surface area (Å²) in [5, 5.41) is 0. The van der Waals surface area contributed by atoms with Crippen LogP contribution in [-0.4, -0.2) is 66.6 Å². The van der Waals surface area contributed by atoms with Crippen molar-refractivity contribution in [3.05, 3.63) is 78.1 Å². The van der Waals surface area contributed by atoms with Gasteiger partial charge in [-0.05, 0) is 60.5 Å². The summed E-state index contributed by atoms with van der Waals surface area (Å²) >= 11 is 0. The van der Waals surface area contributed by atoms with Gasteiger partial charge < -0.3 is 23.8 Å². The maximum absolute atomic E-state index is 12.9. The Labute approximate surface area is 194 Å². The molecule has 1 aliphatic rings. The topological polar surface area (TPSA) is 64.0 Å². The number of benzene rings is 2. The van der Waals surface area contributed by atoms with Crippen LogP contribution in [0.15, 0.2) is 67.0 Å². The monoisotopic (exact) mass is 447 g/mol. The van der Waals surface area contributed by atoms with Crippen LogP contribution in [-0.2, 0) is 11.2 Å². The molecular weight excluding hydrogens is 418 g/mol. The second kappa shape index (κ2) is 10.3. The van der Waals surface area contributed by atoms with Crippen molar-refractivity contribution < 1.29 is 19.1 Å². The van der Waals surface area contributed by atoms with Crippen LogP contribution in [0, 0.1) is 0 Å². The number of nitrogens with zero attached hydrogens (tertiary/aromatic N) is 3. The van der Waals surface area contributed by atoms with E-state index in [1.165, 1.54) is 0 Å². The van der Waals surface area contributed by atoms with Gasteiger partial charge in [-0.1, -0.05) is 6.07 Å². The zero-order valence-electron chi connectivity index (χ0n) is 19.1. The highest BCUT2D eigenvalue weighted by molar-refractivity contribution is 5.94. The van der Waals surface area contributed by atoms with Gasteiger partial charge in [-0.2, -0.15) is 0 Å². The number of aryl methyl sites for hydroxylation is 1. The summed E-state index contributed by atoms with van der Waals surface area (Å²) in [5.74, 6) is 1.45. The fraction of sp³-hybridized carbons (Fsp3) is 0.308. The van der Waals surface area contributed by atoms with Crippen LogP contribution in [0.25, 0.3) is 5.69 Å². The molecule has 1 fully saturated rings. The number of aromatic nitrogens is 1. The molecule has 0 spiro atoms. The number of amides is 2. The number of rotatable bonds is 7. The van der Waals surface area contributed by atoms with Gasteiger partial charge in [0.1, 0.15) is 0 Å². The van der Waals surface area contributed by atoms with Crippen molar-refractivity contribution in [2.45, 2.75) is 12.8 Å². The fourth-order valence-electron chi connectivity index (χ4n) is 4.07. The predicted molar refractivity (Wildman–Crippen MR) is 126 cm³/mol. The molecule has 0 bridgehead atoms. The summed E-state index contributed by atoms with van der Waals surface area (Å²) in [6.07, 6.45) is 4.99. The van der Waals surface area contributed by atoms with Crippen LogP contribution < -0.4 is 9.47 Å². The molecule has 0 saturated carbocycles. The maximum Gasteiger partial charge on any atom is 0.253 e. The number of hydrogen-bond acceptors (Lipinski definition) is 4. The molecule has 1 aromatic heterocycles. The molecule has 7 heteroatoms. The van der Waals surface area contributed by atoms with E-state index in [0.717, 1.165) is 11.3 Å². The van der Waals surface area contributed by atoms with Crippen molar-refractivity contribution in [2.24, 2.45) is 0 Å². The third kappa shape index (κ3) is 5.19. The van der Waals surface area contributed by atoms with Crippen LogP contribution in [0.2, 0.25) is 0 Å². The zero-order chi connectivity index (χ0) is 23.2.